The molecule has 1 atom stereocenters. The fourth-order valence-corrected chi connectivity index (χ4v) is 2.24. The largest absolute Gasteiger partial charge is 0.465 e. The van der Waals surface area contributed by atoms with Crippen LogP contribution in [0.25, 0.3) is 0 Å². The van der Waals surface area contributed by atoms with Gasteiger partial charge in [0.2, 0.25) is 0 Å². The lowest BCUT2D eigenvalue weighted by Gasteiger charge is -2.23. The minimum absolute atomic E-state index is 0.349. The van der Waals surface area contributed by atoms with E-state index >= 15 is 0 Å². The van der Waals surface area contributed by atoms with Crippen molar-refractivity contribution in [2.75, 3.05) is 6.61 Å². The molecule has 1 aliphatic carbocycles. The lowest BCUT2D eigenvalue weighted by atomic mass is 9.83. The van der Waals surface area contributed by atoms with Crippen LogP contribution in [0.15, 0.2) is 0 Å². The number of aldehydes is 1. The summed E-state index contributed by atoms with van der Waals surface area (Å²) in [6.45, 7) is 2.12. The van der Waals surface area contributed by atoms with Crippen LogP contribution in [0.5, 0.6) is 0 Å². The van der Waals surface area contributed by atoms with Crippen LogP contribution in [0.3, 0.4) is 0 Å². The highest BCUT2D eigenvalue weighted by Gasteiger charge is 2.24. The van der Waals surface area contributed by atoms with Crippen molar-refractivity contribution < 1.29 is 14.3 Å². The second-order valence-electron chi connectivity index (χ2n) is 4.23. The van der Waals surface area contributed by atoms with Gasteiger partial charge in [-0.15, -0.1) is 0 Å². The second kappa shape index (κ2) is 6.59. The lowest BCUT2D eigenvalue weighted by molar-refractivity contribution is -0.150. The number of esters is 1. The van der Waals surface area contributed by atoms with E-state index in [2.05, 4.69) is 0 Å². The normalized spacial score (nSPS) is 19.5. The van der Waals surface area contributed by atoms with E-state index in [-0.39, 0.29) is 5.97 Å². The average Bonchev–Trinajstić information content (AvgIpc) is 2.27. The Labute approximate surface area is 91.2 Å². The third-order valence-electron chi connectivity index (χ3n) is 3.07. The molecule has 0 aromatic rings. The van der Waals surface area contributed by atoms with Crippen LogP contribution in [0.1, 0.15) is 45.4 Å². The number of ether oxygens (including phenoxy) is 1. The number of carbonyl (C=O) groups excluding carboxylic acids is 2. The molecular weight excluding hydrogens is 192 g/mol. The molecule has 0 N–H and O–H groups in total. The van der Waals surface area contributed by atoms with Crippen molar-refractivity contribution in [3.8, 4) is 0 Å². The number of hydrogen-bond acceptors (Lipinski definition) is 3. The second-order valence-corrected chi connectivity index (χ2v) is 4.23. The Morgan fingerprint density at radius 1 is 1.40 bits per heavy atom. The van der Waals surface area contributed by atoms with Gasteiger partial charge < -0.3 is 9.53 Å². The van der Waals surface area contributed by atoms with Crippen LogP contribution in [0.2, 0.25) is 0 Å². The van der Waals surface area contributed by atoms with E-state index in [1.165, 1.54) is 19.3 Å². The van der Waals surface area contributed by atoms with Crippen LogP contribution in [0.4, 0.5) is 0 Å². The van der Waals surface area contributed by atoms with Gasteiger partial charge in [-0.2, -0.15) is 0 Å². The quantitative estimate of drug-likeness (QED) is 0.399. The summed E-state index contributed by atoms with van der Waals surface area (Å²) in [5.74, 6) is -0.343. The van der Waals surface area contributed by atoms with Gasteiger partial charge in [-0.25, -0.2) is 0 Å². The summed E-state index contributed by atoms with van der Waals surface area (Å²) in [6, 6.07) is 0. The molecule has 0 saturated heterocycles. The minimum atomic E-state index is -0.534. The van der Waals surface area contributed by atoms with Gasteiger partial charge >= 0.3 is 5.97 Å². The Bertz CT molecular complexity index is 207. The van der Waals surface area contributed by atoms with Gasteiger partial charge in [-0.05, 0) is 19.3 Å². The van der Waals surface area contributed by atoms with Gasteiger partial charge in [0, 0.05) is 0 Å². The maximum absolute atomic E-state index is 11.4. The van der Waals surface area contributed by atoms with E-state index in [1.54, 1.807) is 6.92 Å². The van der Waals surface area contributed by atoms with Gasteiger partial charge in [-0.3, -0.25) is 4.79 Å². The first kappa shape index (κ1) is 12.2. The number of rotatable bonds is 5. The van der Waals surface area contributed by atoms with Crippen LogP contribution in [0, 0.1) is 11.8 Å². The van der Waals surface area contributed by atoms with Gasteiger partial charge in [0.1, 0.15) is 12.2 Å². The smallest absolute Gasteiger partial charge is 0.316 e. The molecule has 86 valence electrons. The molecule has 0 radical (unpaired) electrons. The molecule has 0 aromatic heterocycles. The summed E-state index contributed by atoms with van der Waals surface area (Å²) in [5.41, 5.74) is 0. The highest BCUT2D eigenvalue weighted by molar-refractivity contribution is 5.87. The molecule has 3 nitrogen and oxygen atoms in total. The first-order chi connectivity index (χ1) is 7.27. The summed E-state index contributed by atoms with van der Waals surface area (Å²) < 4.78 is 4.87. The van der Waals surface area contributed by atoms with E-state index in [0.717, 1.165) is 19.1 Å². The SMILES string of the molecule is CCOC(=O)C(C=O)CC1CCCCC1. The summed E-state index contributed by atoms with van der Waals surface area (Å²) in [6.07, 6.45) is 7.50. The molecule has 1 unspecified atom stereocenters. The van der Waals surface area contributed by atoms with Gasteiger partial charge in [0.05, 0.1) is 6.61 Å². The molecule has 3 heteroatoms. The molecule has 1 rings (SSSR count). The molecule has 0 amide bonds. The van der Waals surface area contributed by atoms with Crippen LogP contribution < -0.4 is 0 Å². The van der Waals surface area contributed by atoms with Crippen molar-refractivity contribution in [3.05, 3.63) is 0 Å². The molecule has 1 fully saturated rings. The van der Waals surface area contributed by atoms with E-state index in [1.807, 2.05) is 0 Å². The molecule has 1 aliphatic rings. The molecule has 0 heterocycles. The molecule has 0 aromatic carbocycles. The molecule has 0 bridgehead atoms. The fourth-order valence-electron chi connectivity index (χ4n) is 2.24. The molecule has 15 heavy (non-hydrogen) atoms. The number of hydrogen-bond donors (Lipinski definition) is 0. The highest BCUT2D eigenvalue weighted by atomic mass is 16.5. The molecule has 1 saturated carbocycles. The van der Waals surface area contributed by atoms with Crippen molar-refractivity contribution in [2.24, 2.45) is 11.8 Å². The van der Waals surface area contributed by atoms with Crippen molar-refractivity contribution >= 4 is 12.3 Å². The summed E-state index contributed by atoms with van der Waals surface area (Å²) >= 11 is 0. The van der Waals surface area contributed by atoms with Gasteiger partial charge in [0.15, 0.2) is 0 Å². The van der Waals surface area contributed by atoms with Crippen molar-refractivity contribution in [1.82, 2.24) is 0 Å². The first-order valence-corrected chi connectivity index (χ1v) is 5.89. The van der Waals surface area contributed by atoms with E-state index in [9.17, 15) is 9.59 Å². The third-order valence-corrected chi connectivity index (χ3v) is 3.07. The predicted molar refractivity (Wildman–Crippen MR) is 57.4 cm³/mol. The fraction of sp³-hybridized carbons (Fsp3) is 0.833. The monoisotopic (exact) mass is 212 g/mol. The molecule has 0 aliphatic heterocycles. The predicted octanol–water partition coefficient (Wildman–Crippen LogP) is 2.33. The zero-order chi connectivity index (χ0) is 11.1. The van der Waals surface area contributed by atoms with Crippen molar-refractivity contribution in [3.63, 3.8) is 0 Å². The Morgan fingerprint density at radius 3 is 2.60 bits per heavy atom. The van der Waals surface area contributed by atoms with E-state index in [0.29, 0.717) is 18.9 Å². The van der Waals surface area contributed by atoms with Gasteiger partial charge in [0.25, 0.3) is 0 Å². The van der Waals surface area contributed by atoms with Crippen LogP contribution >= 0.6 is 0 Å². The summed E-state index contributed by atoms with van der Waals surface area (Å²) in [7, 11) is 0. The number of carbonyl (C=O) groups is 2. The highest BCUT2D eigenvalue weighted by Crippen LogP contribution is 2.28. The van der Waals surface area contributed by atoms with Crippen LogP contribution in [-0.2, 0) is 14.3 Å². The Kier molecular flexibility index (Phi) is 5.37. The first-order valence-electron chi connectivity index (χ1n) is 5.89. The summed E-state index contributed by atoms with van der Waals surface area (Å²) in [4.78, 5) is 22.2. The Hall–Kier alpha value is -0.860. The summed E-state index contributed by atoms with van der Waals surface area (Å²) in [5, 5.41) is 0. The molecular formula is C12H20O3. The van der Waals surface area contributed by atoms with Crippen LogP contribution in [-0.4, -0.2) is 18.9 Å². The maximum atomic E-state index is 11.4. The average molecular weight is 212 g/mol. The molecule has 0 spiro atoms. The van der Waals surface area contributed by atoms with E-state index < -0.39 is 5.92 Å². The lowest BCUT2D eigenvalue weighted by Crippen LogP contribution is -2.23. The maximum Gasteiger partial charge on any atom is 0.316 e. The zero-order valence-corrected chi connectivity index (χ0v) is 9.41. The standard InChI is InChI=1S/C12H20O3/c1-2-15-12(14)11(9-13)8-10-6-4-3-5-7-10/h9-11H,2-8H2,1H3. The van der Waals surface area contributed by atoms with Crippen molar-refractivity contribution in [1.29, 1.82) is 0 Å². The zero-order valence-electron chi connectivity index (χ0n) is 9.41. The van der Waals surface area contributed by atoms with Crippen molar-refractivity contribution in [2.45, 2.75) is 45.4 Å². The van der Waals surface area contributed by atoms with E-state index in [4.69, 9.17) is 4.74 Å². The Balaban J connectivity index is 2.37. The topological polar surface area (TPSA) is 43.4 Å². The van der Waals surface area contributed by atoms with Gasteiger partial charge in [-0.1, -0.05) is 32.1 Å². The minimum Gasteiger partial charge on any atom is -0.465 e. The third kappa shape index (κ3) is 4.02. The Morgan fingerprint density at radius 2 is 2.07 bits per heavy atom.